The van der Waals surface area contributed by atoms with Crippen LogP contribution < -0.4 is 15.4 Å². The van der Waals surface area contributed by atoms with Gasteiger partial charge >= 0.3 is 0 Å². The van der Waals surface area contributed by atoms with Crippen molar-refractivity contribution in [3.63, 3.8) is 0 Å². The van der Waals surface area contributed by atoms with E-state index < -0.39 is 12.0 Å². The monoisotopic (exact) mass is 429 g/mol. The van der Waals surface area contributed by atoms with E-state index in [0.29, 0.717) is 29.4 Å². The summed E-state index contributed by atoms with van der Waals surface area (Å²) < 4.78 is 10.9. The second kappa shape index (κ2) is 9.34. The van der Waals surface area contributed by atoms with Crippen LogP contribution in [0.3, 0.4) is 0 Å². The summed E-state index contributed by atoms with van der Waals surface area (Å²) in [5, 5.41) is 11.1. The van der Waals surface area contributed by atoms with Gasteiger partial charge in [0.05, 0.1) is 5.56 Å². The van der Waals surface area contributed by atoms with Gasteiger partial charge in [-0.25, -0.2) is 0 Å². The summed E-state index contributed by atoms with van der Waals surface area (Å²) in [6, 6.07) is 22.5. The van der Waals surface area contributed by atoms with Gasteiger partial charge in [0.25, 0.3) is 11.8 Å². The number of fused-ring (bicyclic) bond motifs is 1. The van der Waals surface area contributed by atoms with E-state index in [-0.39, 0.29) is 5.91 Å². The maximum atomic E-state index is 13.0. The molecule has 162 valence electrons. The Morgan fingerprint density at radius 3 is 2.38 bits per heavy atom. The van der Waals surface area contributed by atoms with E-state index in [2.05, 4.69) is 15.8 Å². The fourth-order valence-corrected chi connectivity index (χ4v) is 3.26. The number of hydrogen-bond donors (Lipinski definition) is 2. The number of aryl methyl sites for hydroxylation is 1. The number of nitrogens with zero attached hydrogens (tertiary/aromatic N) is 1. The predicted octanol–water partition coefficient (Wildman–Crippen LogP) is 4.47. The van der Waals surface area contributed by atoms with Gasteiger partial charge in [-0.2, -0.15) is 0 Å². The second-order valence-electron chi connectivity index (χ2n) is 7.44. The van der Waals surface area contributed by atoms with Crippen LogP contribution in [0.15, 0.2) is 77.3 Å². The van der Waals surface area contributed by atoms with Gasteiger partial charge in [-0.15, -0.1) is 0 Å². The molecule has 0 radical (unpaired) electrons. The molecule has 4 rings (SSSR count). The lowest BCUT2D eigenvalue weighted by Crippen LogP contribution is -2.31. The van der Waals surface area contributed by atoms with Crippen LogP contribution >= 0.6 is 0 Å². The summed E-state index contributed by atoms with van der Waals surface area (Å²) in [5.41, 5.74) is 1.34. The number of anilines is 1. The Balaban J connectivity index is 1.56. The highest BCUT2D eigenvalue weighted by Crippen LogP contribution is 2.27. The second-order valence-corrected chi connectivity index (χ2v) is 7.44. The maximum absolute atomic E-state index is 13.0. The van der Waals surface area contributed by atoms with Crippen LogP contribution in [-0.4, -0.2) is 23.1 Å². The number of benzene rings is 3. The average Bonchev–Trinajstić information content (AvgIpc) is 3.22. The molecule has 0 spiro atoms. The van der Waals surface area contributed by atoms with Crippen LogP contribution in [0.25, 0.3) is 10.8 Å². The number of ether oxygens (including phenoxy) is 1. The quantitative estimate of drug-likeness (QED) is 0.452. The van der Waals surface area contributed by atoms with E-state index in [1.54, 1.807) is 32.0 Å². The fraction of sp³-hybridized carbons (Fsp3) is 0.160. The van der Waals surface area contributed by atoms with Crippen molar-refractivity contribution in [1.82, 2.24) is 10.5 Å². The van der Waals surface area contributed by atoms with Gasteiger partial charge in [0.2, 0.25) is 0 Å². The van der Waals surface area contributed by atoms with Crippen LogP contribution in [0, 0.1) is 6.92 Å². The lowest BCUT2D eigenvalue weighted by atomic mass is 10.0. The average molecular weight is 429 g/mol. The van der Waals surface area contributed by atoms with E-state index >= 15 is 0 Å². The fourth-order valence-electron chi connectivity index (χ4n) is 3.26. The van der Waals surface area contributed by atoms with E-state index in [1.807, 2.05) is 54.6 Å². The van der Waals surface area contributed by atoms with Crippen LogP contribution in [0.5, 0.6) is 5.75 Å². The molecule has 0 aliphatic rings. The Hall–Kier alpha value is -4.13. The molecule has 1 atom stereocenters. The number of carbonyl (C=O) groups is 2. The van der Waals surface area contributed by atoms with Gasteiger partial charge in [-0.1, -0.05) is 59.8 Å². The standard InChI is InChI=1S/C25H23N3O4/c1-16-12-23(28-32-16)27-24(29)17(2)31-22-14-20-11-7-6-10-19(20)13-21(22)25(30)26-15-18-8-4-3-5-9-18/h3-14,17H,15H2,1-2H3,(H,26,30)(H,27,28,29)/t17-/m1/s1. The lowest BCUT2D eigenvalue weighted by molar-refractivity contribution is -0.122. The third-order valence-electron chi connectivity index (χ3n) is 4.94. The molecular weight excluding hydrogens is 406 g/mol. The minimum atomic E-state index is -0.867. The molecule has 7 nitrogen and oxygen atoms in total. The number of aromatic nitrogens is 1. The highest BCUT2D eigenvalue weighted by molar-refractivity contribution is 6.02. The zero-order valence-corrected chi connectivity index (χ0v) is 17.8. The molecular formula is C25H23N3O4. The summed E-state index contributed by atoms with van der Waals surface area (Å²) in [6.45, 7) is 3.73. The first kappa shape index (κ1) is 21.1. The number of carbonyl (C=O) groups excluding carboxylic acids is 2. The maximum Gasteiger partial charge on any atom is 0.266 e. The molecule has 0 fully saturated rings. The first-order chi connectivity index (χ1) is 15.5. The van der Waals surface area contributed by atoms with Gasteiger partial charge < -0.3 is 19.9 Å². The molecule has 32 heavy (non-hydrogen) atoms. The van der Waals surface area contributed by atoms with Crippen molar-refractivity contribution in [2.45, 2.75) is 26.5 Å². The summed E-state index contributed by atoms with van der Waals surface area (Å²) in [4.78, 5) is 25.6. The van der Waals surface area contributed by atoms with Crippen LogP contribution in [0.2, 0.25) is 0 Å². The van der Waals surface area contributed by atoms with E-state index in [1.165, 1.54) is 0 Å². The molecule has 7 heteroatoms. The summed E-state index contributed by atoms with van der Waals surface area (Å²) >= 11 is 0. The third-order valence-corrected chi connectivity index (χ3v) is 4.94. The first-order valence-electron chi connectivity index (χ1n) is 10.3. The molecule has 0 unspecified atom stereocenters. The zero-order valence-electron chi connectivity index (χ0n) is 17.8. The smallest absolute Gasteiger partial charge is 0.266 e. The summed E-state index contributed by atoms with van der Waals surface area (Å²) in [5.74, 6) is 0.535. The van der Waals surface area contributed by atoms with Crippen molar-refractivity contribution >= 4 is 28.4 Å². The molecule has 1 aromatic heterocycles. The van der Waals surface area contributed by atoms with Gasteiger partial charge in [0.1, 0.15) is 11.5 Å². The normalized spacial score (nSPS) is 11.7. The number of amides is 2. The minimum absolute atomic E-state index is 0.283. The molecule has 0 saturated heterocycles. The highest BCUT2D eigenvalue weighted by Gasteiger charge is 2.21. The summed E-state index contributed by atoms with van der Waals surface area (Å²) in [6.07, 6.45) is -0.867. The molecule has 0 aliphatic carbocycles. The molecule has 2 amide bonds. The van der Waals surface area contributed by atoms with Gasteiger partial charge in [0.15, 0.2) is 11.9 Å². The molecule has 0 aliphatic heterocycles. The summed E-state index contributed by atoms with van der Waals surface area (Å²) in [7, 11) is 0. The third kappa shape index (κ3) is 4.95. The number of rotatable bonds is 7. The van der Waals surface area contributed by atoms with Gasteiger partial charge in [0, 0.05) is 12.6 Å². The Kier molecular flexibility index (Phi) is 6.17. The highest BCUT2D eigenvalue weighted by atomic mass is 16.5. The predicted molar refractivity (Wildman–Crippen MR) is 122 cm³/mol. The van der Waals surface area contributed by atoms with E-state index in [4.69, 9.17) is 9.26 Å². The molecule has 2 N–H and O–H groups in total. The van der Waals surface area contributed by atoms with E-state index in [9.17, 15) is 9.59 Å². The van der Waals surface area contributed by atoms with Crippen LogP contribution in [-0.2, 0) is 11.3 Å². The van der Waals surface area contributed by atoms with Crippen molar-refractivity contribution < 1.29 is 18.8 Å². The van der Waals surface area contributed by atoms with Crippen molar-refractivity contribution in [3.05, 3.63) is 89.7 Å². The van der Waals surface area contributed by atoms with E-state index in [0.717, 1.165) is 16.3 Å². The topological polar surface area (TPSA) is 93.5 Å². The van der Waals surface area contributed by atoms with Crippen LogP contribution in [0.1, 0.15) is 28.6 Å². The Morgan fingerprint density at radius 1 is 1.00 bits per heavy atom. The first-order valence-corrected chi connectivity index (χ1v) is 10.3. The molecule has 3 aromatic carbocycles. The largest absolute Gasteiger partial charge is 0.480 e. The van der Waals surface area contributed by atoms with Gasteiger partial charge in [-0.05, 0) is 42.3 Å². The van der Waals surface area contributed by atoms with Crippen molar-refractivity contribution in [2.75, 3.05) is 5.32 Å². The van der Waals surface area contributed by atoms with Crippen molar-refractivity contribution in [3.8, 4) is 5.75 Å². The number of nitrogens with one attached hydrogen (secondary N) is 2. The molecule has 1 heterocycles. The van der Waals surface area contributed by atoms with Crippen molar-refractivity contribution in [1.29, 1.82) is 0 Å². The zero-order chi connectivity index (χ0) is 22.5. The van der Waals surface area contributed by atoms with Gasteiger partial charge in [-0.3, -0.25) is 9.59 Å². The Labute approximate surface area is 185 Å². The molecule has 0 bridgehead atoms. The Morgan fingerprint density at radius 2 is 1.69 bits per heavy atom. The molecule has 0 saturated carbocycles. The van der Waals surface area contributed by atoms with Crippen LogP contribution in [0.4, 0.5) is 5.82 Å². The molecule has 4 aromatic rings. The SMILES string of the molecule is Cc1cc(NC(=O)[C@@H](C)Oc2cc3ccccc3cc2C(=O)NCc2ccccc2)no1. The van der Waals surface area contributed by atoms with Crippen molar-refractivity contribution in [2.24, 2.45) is 0 Å². The number of hydrogen-bond acceptors (Lipinski definition) is 5. The lowest BCUT2D eigenvalue weighted by Gasteiger charge is -2.17. The minimum Gasteiger partial charge on any atom is -0.480 e. The Bertz CT molecular complexity index is 1250.